The first-order valence-corrected chi connectivity index (χ1v) is 16.5. The molecule has 8 nitrogen and oxygen atoms in total. The van der Waals surface area contributed by atoms with E-state index in [1.165, 1.54) is 28.0 Å². The second-order valence-corrected chi connectivity index (χ2v) is 12.6. The molecule has 0 aliphatic carbocycles. The Bertz CT molecular complexity index is 1620. The molecule has 1 unspecified atom stereocenters. The first kappa shape index (κ1) is 31.6. The Kier molecular flexibility index (Phi) is 10.6. The van der Waals surface area contributed by atoms with Crippen molar-refractivity contribution in [2.45, 2.75) is 49.2 Å². The van der Waals surface area contributed by atoms with E-state index in [2.05, 4.69) is 17.1 Å². The van der Waals surface area contributed by atoms with Gasteiger partial charge >= 0.3 is 5.91 Å². The van der Waals surface area contributed by atoms with Crippen molar-refractivity contribution in [1.82, 2.24) is 10.2 Å². The largest absolute Gasteiger partial charge is 0.507 e. The number of nitrogens with zero attached hydrogens (tertiary/aromatic N) is 3. The van der Waals surface area contributed by atoms with Crippen LogP contribution >= 0.6 is 34.7 Å². The Labute approximate surface area is 269 Å². The molecule has 11 heteroatoms. The lowest BCUT2D eigenvalue weighted by atomic mass is 9.95. The summed E-state index contributed by atoms with van der Waals surface area (Å²) in [5.74, 6) is 0.0874. The Balaban J connectivity index is 1.48. The maximum absolute atomic E-state index is 13.6. The highest BCUT2D eigenvalue weighted by atomic mass is 35.5. The number of benzene rings is 3. The molecule has 4 aromatic rings. The van der Waals surface area contributed by atoms with Crippen LogP contribution in [0.1, 0.15) is 55.8 Å². The molecule has 1 saturated heterocycles. The van der Waals surface area contributed by atoms with Crippen molar-refractivity contribution in [2.75, 3.05) is 18.1 Å². The van der Waals surface area contributed by atoms with Gasteiger partial charge < -0.3 is 14.6 Å². The third kappa shape index (κ3) is 7.26. The number of halogens is 1. The zero-order chi connectivity index (χ0) is 31.1. The molecular formula is C33H32ClN3O5S2. The fourth-order valence-corrected chi connectivity index (χ4v) is 6.70. The van der Waals surface area contributed by atoms with Gasteiger partial charge in [-0.1, -0.05) is 78.7 Å². The summed E-state index contributed by atoms with van der Waals surface area (Å²) >= 11 is 8.69. The average Bonchev–Trinajstić information content (AvgIpc) is 3.61. The van der Waals surface area contributed by atoms with Gasteiger partial charge in [-0.3, -0.25) is 14.5 Å². The van der Waals surface area contributed by atoms with Gasteiger partial charge in [0.1, 0.15) is 17.3 Å². The monoisotopic (exact) mass is 649 g/mol. The summed E-state index contributed by atoms with van der Waals surface area (Å²) in [6.45, 7) is 5.12. The van der Waals surface area contributed by atoms with Gasteiger partial charge in [0.05, 0.1) is 24.8 Å². The Morgan fingerprint density at radius 1 is 0.932 bits per heavy atom. The van der Waals surface area contributed by atoms with Crippen LogP contribution in [0.2, 0.25) is 5.02 Å². The molecule has 1 aliphatic rings. The number of Topliss-reactive ketones (excluding diaryl/α,β-unsaturated/α-hetero) is 1. The Hall–Kier alpha value is -3.86. The number of aliphatic hydroxyl groups is 1. The molecule has 3 aromatic carbocycles. The number of ether oxygens (including phenoxy) is 2. The topological polar surface area (TPSA) is 102 Å². The minimum atomic E-state index is -0.919. The highest BCUT2D eigenvalue weighted by Crippen LogP contribution is 2.44. The van der Waals surface area contributed by atoms with Crippen LogP contribution < -0.4 is 14.4 Å². The van der Waals surface area contributed by atoms with E-state index in [4.69, 9.17) is 21.1 Å². The molecule has 228 valence electrons. The summed E-state index contributed by atoms with van der Waals surface area (Å²) in [5, 5.41) is 21.0. The van der Waals surface area contributed by atoms with Gasteiger partial charge in [-0.25, -0.2) is 0 Å². The number of aliphatic hydroxyl groups excluding tert-OH is 1. The molecule has 1 fully saturated rings. The Morgan fingerprint density at radius 3 is 2.30 bits per heavy atom. The van der Waals surface area contributed by atoms with Crippen molar-refractivity contribution in [3.63, 3.8) is 0 Å². The maximum atomic E-state index is 13.6. The van der Waals surface area contributed by atoms with E-state index in [0.717, 1.165) is 24.8 Å². The van der Waals surface area contributed by atoms with Gasteiger partial charge in [0, 0.05) is 16.3 Å². The van der Waals surface area contributed by atoms with Crippen molar-refractivity contribution < 1.29 is 24.2 Å². The molecule has 0 bridgehead atoms. The number of hydrogen-bond acceptors (Lipinski definition) is 9. The number of carbonyl (C=O) groups excluding carboxylic acids is 2. The van der Waals surface area contributed by atoms with Crippen molar-refractivity contribution in [1.29, 1.82) is 0 Å². The van der Waals surface area contributed by atoms with Crippen LogP contribution in [0, 0.1) is 0 Å². The molecule has 5 rings (SSSR count). The van der Waals surface area contributed by atoms with Crippen LogP contribution in [0.3, 0.4) is 0 Å². The number of thioether (sulfide) groups is 1. The first-order chi connectivity index (χ1) is 21.4. The number of anilines is 1. The van der Waals surface area contributed by atoms with Crippen LogP contribution in [-0.4, -0.2) is 40.2 Å². The second kappa shape index (κ2) is 14.7. The van der Waals surface area contributed by atoms with Gasteiger partial charge in [0.15, 0.2) is 4.34 Å². The fraction of sp³-hybridized carbons (Fsp3) is 0.273. The third-order valence-electron chi connectivity index (χ3n) is 6.97. The van der Waals surface area contributed by atoms with E-state index in [1.54, 1.807) is 36.4 Å². The predicted molar refractivity (Wildman–Crippen MR) is 175 cm³/mol. The quantitative estimate of drug-likeness (QED) is 0.0387. The minimum absolute atomic E-state index is 0.0265. The number of ketones is 1. The van der Waals surface area contributed by atoms with E-state index >= 15 is 0 Å². The smallest absolute Gasteiger partial charge is 0.301 e. The average molecular weight is 650 g/mol. The van der Waals surface area contributed by atoms with E-state index < -0.39 is 17.7 Å². The van der Waals surface area contributed by atoms with Gasteiger partial charge in [-0.15, -0.1) is 10.2 Å². The van der Waals surface area contributed by atoms with E-state index in [9.17, 15) is 14.7 Å². The van der Waals surface area contributed by atoms with Crippen LogP contribution in [0.4, 0.5) is 5.13 Å². The first-order valence-electron chi connectivity index (χ1n) is 14.4. The van der Waals surface area contributed by atoms with Crippen molar-refractivity contribution in [2.24, 2.45) is 0 Å². The number of carbonyl (C=O) groups is 2. The molecule has 0 saturated carbocycles. The van der Waals surface area contributed by atoms with Gasteiger partial charge in [-0.05, 0) is 73.0 Å². The van der Waals surface area contributed by atoms with Crippen LogP contribution in [0.15, 0.2) is 82.7 Å². The summed E-state index contributed by atoms with van der Waals surface area (Å²) < 4.78 is 12.0. The fourth-order valence-electron chi connectivity index (χ4n) is 4.75. The predicted octanol–water partition coefficient (Wildman–Crippen LogP) is 8.08. The summed E-state index contributed by atoms with van der Waals surface area (Å²) in [6, 6.07) is 20.6. The lowest BCUT2D eigenvalue weighted by molar-refractivity contribution is -0.132. The molecule has 1 N–H and O–H groups in total. The van der Waals surface area contributed by atoms with Crippen LogP contribution in [-0.2, 0) is 15.3 Å². The van der Waals surface area contributed by atoms with E-state index in [1.807, 2.05) is 43.3 Å². The highest BCUT2D eigenvalue weighted by Gasteiger charge is 2.48. The van der Waals surface area contributed by atoms with Crippen molar-refractivity contribution in [3.05, 3.63) is 100 Å². The molecule has 44 heavy (non-hydrogen) atoms. The summed E-state index contributed by atoms with van der Waals surface area (Å²) in [5.41, 5.74) is 2.05. The molecule has 1 atom stereocenters. The zero-order valence-electron chi connectivity index (χ0n) is 24.4. The molecule has 1 aromatic heterocycles. The SMILES string of the molecule is CCCCCOc1ccc(C2/C(=C(/O)c3ccc(OCC)cc3)C(=O)C(=O)N2c2nnc(SCc3ccc(Cl)cc3)s2)cc1. The zero-order valence-corrected chi connectivity index (χ0v) is 26.8. The van der Waals surface area contributed by atoms with Gasteiger partial charge in [0.25, 0.3) is 5.78 Å². The standard InChI is InChI=1S/C33H32ClN3O5S2/c1-3-5-6-19-42-26-15-9-22(10-16-26)28-27(29(38)23-11-17-25(18-12-23)41-4-2)30(39)31(40)37(28)32-35-36-33(44-32)43-20-21-7-13-24(34)14-8-21/h7-18,28,38H,3-6,19-20H2,1-2H3/b29-27-. The molecule has 1 amide bonds. The number of hydrogen-bond donors (Lipinski definition) is 1. The third-order valence-corrected chi connectivity index (χ3v) is 9.35. The maximum Gasteiger partial charge on any atom is 0.301 e. The van der Waals surface area contributed by atoms with E-state index in [0.29, 0.717) is 51.0 Å². The number of unbranched alkanes of at least 4 members (excludes halogenated alkanes) is 2. The number of aromatic nitrogens is 2. The lowest BCUT2D eigenvalue weighted by Gasteiger charge is -2.22. The van der Waals surface area contributed by atoms with Gasteiger partial charge in [-0.2, -0.15) is 0 Å². The van der Waals surface area contributed by atoms with Crippen LogP contribution in [0.5, 0.6) is 11.5 Å². The summed E-state index contributed by atoms with van der Waals surface area (Å²) in [7, 11) is 0. The molecule has 0 radical (unpaired) electrons. The van der Waals surface area contributed by atoms with E-state index in [-0.39, 0.29) is 16.5 Å². The molecule has 2 heterocycles. The van der Waals surface area contributed by atoms with Crippen molar-refractivity contribution in [3.8, 4) is 11.5 Å². The minimum Gasteiger partial charge on any atom is -0.507 e. The molecule has 0 spiro atoms. The van der Waals surface area contributed by atoms with Crippen molar-refractivity contribution >= 4 is 57.3 Å². The van der Waals surface area contributed by atoms with Gasteiger partial charge in [0.2, 0.25) is 5.13 Å². The normalized spacial score (nSPS) is 16.0. The number of rotatable bonds is 13. The lowest BCUT2D eigenvalue weighted by Crippen LogP contribution is -2.29. The molecule has 1 aliphatic heterocycles. The van der Waals surface area contributed by atoms with Crippen LogP contribution in [0.25, 0.3) is 5.76 Å². The molecular weight excluding hydrogens is 618 g/mol. The second-order valence-electron chi connectivity index (χ2n) is 10.0. The Morgan fingerprint density at radius 2 is 1.61 bits per heavy atom. The number of amides is 1. The highest BCUT2D eigenvalue weighted by molar-refractivity contribution is 8.00. The summed E-state index contributed by atoms with van der Waals surface area (Å²) in [6.07, 6.45) is 3.14. The summed E-state index contributed by atoms with van der Waals surface area (Å²) in [4.78, 5) is 28.4.